The Kier molecular flexibility index (Phi) is 4.90. The molecule has 2 rings (SSSR count). The van der Waals surface area contributed by atoms with Crippen molar-refractivity contribution in [2.45, 2.75) is 46.1 Å². The van der Waals surface area contributed by atoms with Crippen LogP contribution < -0.4 is 5.32 Å². The van der Waals surface area contributed by atoms with Crippen LogP contribution in [0.1, 0.15) is 41.8 Å². The zero-order chi connectivity index (χ0) is 14.5. The summed E-state index contributed by atoms with van der Waals surface area (Å²) in [7, 11) is 1.96. The van der Waals surface area contributed by atoms with Crippen molar-refractivity contribution < 1.29 is 4.52 Å². The number of hydrogen-bond donors (Lipinski definition) is 1. The number of aromatic nitrogens is 2. The minimum absolute atomic E-state index is 0.393. The van der Waals surface area contributed by atoms with Crippen LogP contribution in [0.4, 0.5) is 0 Å². The van der Waals surface area contributed by atoms with E-state index in [-0.39, 0.29) is 0 Å². The molecule has 0 radical (unpaired) electrons. The lowest BCUT2D eigenvalue weighted by molar-refractivity contribution is 0.355. The van der Waals surface area contributed by atoms with Gasteiger partial charge in [-0.1, -0.05) is 41.4 Å². The first-order valence-electron chi connectivity index (χ1n) is 7.16. The predicted octanol–water partition coefficient (Wildman–Crippen LogP) is 2.82. The summed E-state index contributed by atoms with van der Waals surface area (Å²) in [5.74, 6) is 1.47. The third kappa shape index (κ3) is 3.90. The molecule has 0 aliphatic rings. The summed E-state index contributed by atoms with van der Waals surface area (Å²) in [6.45, 7) is 6.36. The van der Waals surface area contributed by atoms with Crippen LogP contribution >= 0.6 is 0 Å². The molecule has 0 fully saturated rings. The van der Waals surface area contributed by atoms with E-state index >= 15 is 0 Å². The number of benzene rings is 1. The van der Waals surface area contributed by atoms with Crippen molar-refractivity contribution in [3.05, 3.63) is 46.6 Å². The standard InChI is InChI=1S/C16H23N3O/c1-5-14(17-4)10-16-18-15(19-20-16)9-13-7-11(2)6-12(3)8-13/h6-8,14,17H,5,9-10H2,1-4H3. The minimum atomic E-state index is 0.393. The molecule has 4 nitrogen and oxygen atoms in total. The second-order valence-electron chi connectivity index (χ2n) is 5.38. The van der Waals surface area contributed by atoms with Crippen LogP contribution in [-0.4, -0.2) is 23.2 Å². The molecule has 1 heterocycles. The molecule has 1 aromatic carbocycles. The van der Waals surface area contributed by atoms with Crippen molar-refractivity contribution in [2.75, 3.05) is 7.05 Å². The highest BCUT2D eigenvalue weighted by Crippen LogP contribution is 2.13. The molecule has 108 valence electrons. The topological polar surface area (TPSA) is 51.0 Å². The van der Waals surface area contributed by atoms with Gasteiger partial charge in [-0.2, -0.15) is 4.98 Å². The van der Waals surface area contributed by atoms with Crippen LogP contribution in [-0.2, 0) is 12.8 Å². The van der Waals surface area contributed by atoms with Crippen molar-refractivity contribution >= 4 is 0 Å². The zero-order valence-electron chi connectivity index (χ0n) is 12.7. The number of nitrogens with one attached hydrogen (secondary N) is 1. The van der Waals surface area contributed by atoms with Crippen molar-refractivity contribution in [3.8, 4) is 0 Å². The lowest BCUT2D eigenvalue weighted by Crippen LogP contribution is -2.26. The third-order valence-corrected chi connectivity index (χ3v) is 3.48. The second-order valence-corrected chi connectivity index (χ2v) is 5.38. The van der Waals surface area contributed by atoms with E-state index in [1.807, 2.05) is 7.05 Å². The molecule has 0 amide bonds. The van der Waals surface area contributed by atoms with Crippen LogP contribution in [0.15, 0.2) is 22.7 Å². The van der Waals surface area contributed by atoms with Crippen LogP contribution in [0.3, 0.4) is 0 Å². The van der Waals surface area contributed by atoms with Gasteiger partial charge in [0.05, 0.1) is 0 Å². The summed E-state index contributed by atoms with van der Waals surface area (Å²) in [5.41, 5.74) is 3.77. The third-order valence-electron chi connectivity index (χ3n) is 3.48. The molecule has 1 unspecified atom stereocenters. The summed E-state index contributed by atoms with van der Waals surface area (Å²) in [4.78, 5) is 4.48. The molecule has 0 aliphatic carbocycles. The van der Waals surface area contributed by atoms with Crippen LogP contribution in [0.25, 0.3) is 0 Å². The normalized spacial score (nSPS) is 12.6. The summed E-state index contributed by atoms with van der Waals surface area (Å²) in [5, 5.41) is 7.32. The van der Waals surface area contributed by atoms with E-state index in [0.29, 0.717) is 11.9 Å². The van der Waals surface area contributed by atoms with Crippen LogP contribution in [0, 0.1) is 13.8 Å². The fraction of sp³-hybridized carbons (Fsp3) is 0.500. The maximum absolute atomic E-state index is 5.33. The molecule has 1 N–H and O–H groups in total. The highest BCUT2D eigenvalue weighted by atomic mass is 16.5. The maximum atomic E-state index is 5.33. The summed E-state index contributed by atoms with van der Waals surface area (Å²) in [6, 6.07) is 6.91. The van der Waals surface area contributed by atoms with Gasteiger partial charge in [-0.15, -0.1) is 0 Å². The fourth-order valence-corrected chi connectivity index (χ4v) is 2.46. The Morgan fingerprint density at radius 1 is 1.20 bits per heavy atom. The molecule has 0 saturated carbocycles. The molecular formula is C16H23N3O. The van der Waals surface area contributed by atoms with Gasteiger partial charge in [0.1, 0.15) is 0 Å². The van der Waals surface area contributed by atoms with Gasteiger partial charge < -0.3 is 9.84 Å². The molecule has 1 aromatic heterocycles. The molecule has 20 heavy (non-hydrogen) atoms. The Morgan fingerprint density at radius 3 is 2.50 bits per heavy atom. The molecule has 0 spiro atoms. The lowest BCUT2D eigenvalue weighted by Gasteiger charge is -2.09. The van der Waals surface area contributed by atoms with E-state index < -0.39 is 0 Å². The van der Waals surface area contributed by atoms with Crippen molar-refractivity contribution in [2.24, 2.45) is 0 Å². The first kappa shape index (κ1) is 14.7. The first-order valence-corrected chi connectivity index (χ1v) is 7.16. The molecular weight excluding hydrogens is 250 g/mol. The zero-order valence-corrected chi connectivity index (χ0v) is 12.7. The van der Waals surface area contributed by atoms with Crippen molar-refractivity contribution in [3.63, 3.8) is 0 Å². The Balaban J connectivity index is 2.05. The van der Waals surface area contributed by atoms with Gasteiger partial charge in [0, 0.05) is 18.9 Å². The average molecular weight is 273 g/mol. The Labute approximate surface area is 120 Å². The Bertz CT molecular complexity index is 538. The smallest absolute Gasteiger partial charge is 0.228 e. The van der Waals surface area contributed by atoms with Gasteiger partial charge >= 0.3 is 0 Å². The molecule has 1 atom stereocenters. The van der Waals surface area contributed by atoms with Crippen LogP contribution in [0.5, 0.6) is 0 Å². The highest BCUT2D eigenvalue weighted by molar-refractivity contribution is 5.30. The number of aryl methyl sites for hydroxylation is 2. The largest absolute Gasteiger partial charge is 0.339 e. The SMILES string of the molecule is CCC(Cc1nc(Cc2cc(C)cc(C)c2)no1)NC. The van der Waals surface area contributed by atoms with Gasteiger partial charge in [0.2, 0.25) is 5.89 Å². The minimum Gasteiger partial charge on any atom is -0.339 e. The molecule has 4 heteroatoms. The van der Waals surface area contributed by atoms with E-state index in [1.54, 1.807) is 0 Å². The van der Waals surface area contributed by atoms with Crippen molar-refractivity contribution in [1.82, 2.24) is 15.5 Å². The van der Waals surface area contributed by atoms with E-state index in [4.69, 9.17) is 4.52 Å². The number of rotatable bonds is 6. The first-order chi connectivity index (χ1) is 9.60. The number of likely N-dealkylation sites (N-methyl/N-ethyl adjacent to an activating group) is 1. The lowest BCUT2D eigenvalue weighted by atomic mass is 10.1. The van der Waals surface area contributed by atoms with Gasteiger partial charge in [0.15, 0.2) is 5.82 Å². The summed E-state index contributed by atoms with van der Waals surface area (Å²) >= 11 is 0. The van der Waals surface area contributed by atoms with Crippen LogP contribution in [0.2, 0.25) is 0 Å². The Hall–Kier alpha value is -1.68. The maximum Gasteiger partial charge on any atom is 0.228 e. The van der Waals surface area contributed by atoms with Gasteiger partial charge in [0.25, 0.3) is 0 Å². The molecule has 0 bridgehead atoms. The second kappa shape index (κ2) is 6.66. The molecule has 2 aromatic rings. The Morgan fingerprint density at radius 2 is 1.90 bits per heavy atom. The predicted molar refractivity (Wildman–Crippen MR) is 79.9 cm³/mol. The number of hydrogen-bond acceptors (Lipinski definition) is 4. The molecule has 0 saturated heterocycles. The summed E-state index contributed by atoms with van der Waals surface area (Å²) in [6.07, 6.45) is 2.56. The molecule has 0 aliphatic heterocycles. The summed E-state index contributed by atoms with van der Waals surface area (Å²) < 4.78 is 5.33. The number of nitrogens with zero attached hydrogens (tertiary/aromatic N) is 2. The van der Waals surface area contributed by atoms with Gasteiger partial charge in [-0.25, -0.2) is 0 Å². The van der Waals surface area contributed by atoms with E-state index in [9.17, 15) is 0 Å². The van der Waals surface area contributed by atoms with E-state index in [2.05, 4.69) is 54.4 Å². The fourth-order valence-electron chi connectivity index (χ4n) is 2.46. The van der Waals surface area contributed by atoms with E-state index in [1.165, 1.54) is 16.7 Å². The average Bonchev–Trinajstić information content (AvgIpc) is 2.82. The van der Waals surface area contributed by atoms with Gasteiger partial charge in [-0.3, -0.25) is 0 Å². The monoisotopic (exact) mass is 273 g/mol. The van der Waals surface area contributed by atoms with Crippen molar-refractivity contribution in [1.29, 1.82) is 0 Å². The quantitative estimate of drug-likeness (QED) is 0.879. The van der Waals surface area contributed by atoms with Gasteiger partial charge in [-0.05, 0) is 32.9 Å². The van der Waals surface area contributed by atoms with E-state index in [0.717, 1.165) is 25.1 Å². The highest BCUT2D eigenvalue weighted by Gasteiger charge is 2.12.